The van der Waals surface area contributed by atoms with Crippen LogP contribution in [-0.4, -0.2) is 20.6 Å². The van der Waals surface area contributed by atoms with Gasteiger partial charge in [0.1, 0.15) is 0 Å². The molecule has 102 valence electrons. The topological polar surface area (TPSA) is 42.2 Å². The molecular weight excluding hydrogens is 260 g/mol. The average molecular weight is 279 g/mol. The molecule has 1 N–H and O–H groups in total. The van der Waals surface area contributed by atoms with E-state index in [4.69, 9.17) is 11.6 Å². The molecule has 0 radical (unpaired) electrons. The van der Waals surface area contributed by atoms with Crippen molar-refractivity contribution in [2.24, 2.45) is 5.92 Å². The second-order valence-electron chi connectivity index (χ2n) is 5.50. The van der Waals surface area contributed by atoms with Gasteiger partial charge in [-0.25, -0.2) is 9.50 Å². The zero-order valence-electron chi connectivity index (χ0n) is 11.4. The molecule has 0 aromatic carbocycles. The summed E-state index contributed by atoms with van der Waals surface area (Å²) in [5, 5.41) is 8.49. The van der Waals surface area contributed by atoms with Crippen molar-refractivity contribution in [3.05, 3.63) is 23.1 Å². The van der Waals surface area contributed by atoms with Gasteiger partial charge in [0.25, 0.3) is 0 Å². The van der Waals surface area contributed by atoms with Crippen molar-refractivity contribution in [2.45, 2.75) is 45.6 Å². The highest BCUT2D eigenvalue weighted by molar-refractivity contribution is 6.30. The third-order valence-electron chi connectivity index (χ3n) is 4.17. The Balaban J connectivity index is 1.99. The Morgan fingerprint density at radius 2 is 2.16 bits per heavy atom. The van der Waals surface area contributed by atoms with E-state index in [0.717, 1.165) is 16.9 Å². The molecule has 1 fully saturated rings. The van der Waals surface area contributed by atoms with Gasteiger partial charge in [-0.3, -0.25) is 0 Å². The van der Waals surface area contributed by atoms with Crippen LogP contribution in [0.3, 0.4) is 0 Å². The van der Waals surface area contributed by atoms with Crippen LogP contribution in [0.2, 0.25) is 5.15 Å². The Labute approximate surface area is 118 Å². The quantitative estimate of drug-likeness (QED) is 0.911. The summed E-state index contributed by atoms with van der Waals surface area (Å²) in [6, 6.07) is 0.506. The maximum absolute atomic E-state index is 6.20. The van der Waals surface area contributed by atoms with Crippen LogP contribution in [0.1, 0.15) is 38.2 Å². The van der Waals surface area contributed by atoms with Crippen LogP contribution in [0, 0.1) is 12.8 Å². The standard InChI is InChI=1S/C14H19ClN4/c1-9-5-3-4-6-11(9)17-12-10(2)13(15)18-19-8-7-16-14(12)19/h7-9,11,17H,3-6H2,1-2H3. The van der Waals surface area contributed by atoms with Gasteiger partial charge in [0.15, 0.2) is 10.8 Å². The van der Waals surface area contributed by atoms with Crippen LogP contribution < -0.4 is 5.32 Å². The lowest BCUT2D eigenvalue weighted by molar-refractivity contribution is 0.349. The van der Waals surface area contributed by atoms with Crippen molar-refractivity contribution in [3.63, 3.8) is 0 Å². The van der Waals surface area contributed by atoms with Crippen LogP contribution in [0.5, 0.6) is 0 Å². The van der Waals surface area contributed by atoms with E-state index in [1.165, 1.54) is 25.7 Å². The summed E-state index contributed by atoms with van der Waals surface area (Å²) < 4.78 is 1.74. The van der Waals surface area contributed by atoms with Crippen LogP contribution in [0.4, 0.5) is 5.69 Å². The van der Waals surface area contributed by atoms with Crippen LogP contribution >= 0.6 is 11.6 Å². The summed E-state index contributed by atoms with van der Waals surface area (Å²) in [7, 11) is 0. The smallest absolute Gasteiger partial charge is 0.177 e. The molecule has 0 amide bonds. The number of aromatic nitrogens is 3. The predicted octanol–water partition coefficient (Wildman–Crippen LogP) is 3.68. The first-order chi connectivity index (χ1) is 9.16. The van der Waals surface area contributed by atoms with Gasteiger partial charge in [-0.15, -0.1) is 0 Å². The Morgan fingerprint density at radius 3 is 2.95 bits per heavy atom. The monoisotopic (exact) mass is 278 g/mol. The SMILES string of the molecule is Cc1c(Cl)nn2ccnc2c1NC1CCCCC1C. The Bertz CT molecular complexity index is 592. The zero-order valence-corrected chi connectivity index (χ0v) is 12.1. The normalized spacial score (nSPS) is 23.7. The first-order valence-electron chi connectivity index (χ1n) is 6.93. The predicted molar refractivity (Wildman–Crippen MR) is 77.8 cm³/mol. The van der Waals surface area contributed by atoms with Crippen molar-refractivity contribution in [2.75, 3.05) is 5.32 Å². The van der Waals surface area contributed by atoms with Gasteiger partial charge in [-0.05, 0) is 25.7 Å². The molecule has 5 heteroatoms. The van der Waals surface area contributed by atoms with Crippen molar-refractivity contribution in [1.29, 1.82) is 0 Å². The first kappa shape index (κ1) is 12.7. The summed E-state index contributed by atoms with van der Waals surface area (Å²) >= 11 is 6.20. The summed E-state index contributed by atoms with van der Waals surface area (Å²) in [6.45, 7) is 4.32. The Hall–Kier alpha value is -1.29. The van der Waals surface area contributed by atoms with Crippen LogP contribution in [0.15, 0.2) is 12.4 Å². The minimum Gasteiger partial charge on any atom is -0.379 e. The van der Waals surface area contributed by atoms with E-state index in [-0.39, 0.29) is 0 Å². The molecule has 19 heavy (non-hydrogen) atoms. The number of nitrogens with zero attached hydrogens (tertiary/aromatic N) is 3. The molecular formula is C14H19ClN4. The van der Waals surface area contributed by atoms with Gasteiger partial charge in [-0.1, -0.05) is 31.4 Å². The second kappa shape index (κ2) is 5.00. The molecule has 2 heterocycles. The fraction of sp³-hybridized carbons (Fsp3) is 0.571. The van der Waals surface area contributed by atoms with Crippen LogP contribution in [-0.2, 0) is 0 Å². The first-order valence-corrected chi connectivity index (χ1v) is 7.30. The van der Waals surface area contributed by atoms with Gasteiger partial charge >= 0.3 is 0 Å². The van der Waals surface area contributed by atoms with E-state index in [9.17, 15) is 0 Å². The van der Waals surface area contributed by atoms with Crippen molar-refractivity contribution in [3.8, 4) is 0 Å². The van der Waals surface area contributed by atoms with E-state index < -0.39 is 0 Å². The van der Waals surface area contributed by atoms with E-state index in [1.54, 1.807) is 10.7 Å². The lowest BCUT2D eigenvalue weighted by atomic mass is 9.86. The molecule has 4 nitrogen and oxygen atoms in total. The largest absolute Gasteiger partial charge is 0.379 e. The van der Waals surface area contributed by atoms with Gasteiger partial charge in [0.2, 0.25) is 0 Å². The molecule has 0 spiro atoms. The van der Waals surface area contributed by atoms with E-state index in [1.807, 2.05) is 13.1 Å². The number of hydrogen-bond donors (Lipinski definition) is 1. The van der Waals surface area contributed by atoms with Gasteiger partial charge in [-0.2, -0.15) is 5.10 Å². The molecule has 2 atom stereocenters. The van der Waals surface area contributed by atoms with E-state index >= 15 is 0 Å². The molecule has 2 unspecified atom stereocenters. The van der Waals surface area contributed by atoms with Crippen molar-refractivity contribution >= 4 is 22.9 Å². The van der Waals surface area contributed by atoms with Gasteiger partial charge < -0.3 is 5.32 Å². The fourth-order valence-corrected chi connectivity index (χ4v) is 3.06. The number of imidazole rings is 1. The highest BCUT2D eigenvalue weighted by atomic mass is 35.5. The molecule has 1 saturated carbocycles. The van der Waals surface area contributed by atoms with Crippen molar-refractivity contribution < 1.29 is 0 Å². The Kier molecular flexibility index (Phi) is 3.35. The molecule has 0 saturated heterocycles. The van der Waals surface area contributed by atoms with Gasteiger partial charge in [0.05, 0.1) is 5.69 Å². The Morgan fingerprint density at radius 1 is 1.37 bits per heavy atom. The average Bonchev–Trinajstić information content (AvgIpc) is 2.85. The third kappa shape index (κ3) is 2.29. The van der Waals surface area contributed by atoms with E-state index in [2.05, 4.69) is 22.3 Å². The summed E-state index contributed by atoms with van der Waals surface area (Å²) in [5.41, 5.74) is 2.88. The zero-order chi connectivity index (χ0) is 13.4. The second-order valence-corrected chi connectivity index (χ2v) is 5.86. The maximum atomic E-state index is 6.20. The number of hydrogen-bond acceptors (Lipinski definition) is 3. The molecule has 2 aromatic rings. The molecule has 1 aliphatic rings. The van der Waals surface area contributed by atoms with Crippen LogP contribution in [0.25, 0.3) is 5.65 Å². The number of halogens is 1. The highest BCUT2D eigenvalue weighted by Gasteiger charge is 2.23. The third-order valence-corrected chi connectivity index (χ3v) is 4.53. The fourth-order valence-electron chi connectivity index (χ4n) is 2.89. The highest BCUT2D eigenvalue weighted by Crippen LogP contribution is 2.31. The van der Waals surface area contributed by atoms with E-state index in [0.29, 0.717) is 17.1 Å². The number of nitrogens with one attached hydrogen (secondary N) is 1. The lowest BCUT2D eigenvalue weighted by Gasteiger charge is -2.31. The maximum Gasteiger partial charge on any atom is 0.177 e. The molecule has 0 aliphatic heterocycles. The summed E-state index contributed by atoms with van der Waals surface area (Å²) in [4.78, 5) is 4.39. The molecule has 3 rings (SSSR count). The number of anilines is 1. The molecule has 2 aromatic heterocycles. The summed E-state index contributed by atoms with van der Waals surface area (Å²) in [6.07, 6.45) is 8.73. The number of rotatable bonds is 2. The molecule has 1 aliphatic carbocycles. The minimum absolute atomic E-state index is 0.506. The minimum atomic E-state index is 0.506. The van der Waals surface area contributed by atoms with Gasteiger partial charge in [0, 0.05) is 24.0 Å². The number of fused-ring (bicyclic) bond motifs is 1. The lowest BCUT2D eigenvalue weighted by Crippen LogP contribution is -2.31. The molecule has 0 bridgehead atoms. The summed E-state index contributed by atoms with van der Waals surface area (Å²) in [5.74, 6) is 0.690. The van der Waals surface area contributed by atoms with Crippen molar-refractivity contribution in [1.82, 2.24) is 14.6 Å².